The average Bonchev–Trinajstić information content (AvgIpc) is 3.98. The summed E-state index contributed by atoms with van der Waals surface area (Å²) in [4.78, 5) is 11.1. The molecule has 9 aromatic carbocycles. The maximum atomic E-state index is 5.59. The van der Waals surface area contributed by atoms with Gasteiger partial charge in [-0.05, 0) is 68.4 Å². The predicted molar refractivity (Wildman–Crippen MR) is 255 cm³/mol. The van der Waals surface area contributed by atoms with Crippen molar-refractivity contribution in [2.45, 2.75) is 5.41 Å². The topological polar surface area (TPSA) is 30.7 Å². The van der Waals surface area contributed by atoms with Gasteiger partial charge in [-0.3, -0.25) is 4.57 Å². The van der Waals surface area contributed by atoms with Gasteiger partial charge >= 0.3 is 0 Å². The maximum absolute atomic E-state index is 5.59. The maximum Gasteiger partial charge on any atom is 0.235 e. The number of aromatic nitrogens is 3. The van der Waals surface area contributed by atoms with Crippen LogP contribution in [0.3, 0.4) is 0 Å². The third-order valence-corrected chi connectivity index (χ3v) is 14.1. The van der Waals surface area contributed by atoms with Crippen molar-refractivity contribution in [3.05, 3.63) is 235 Å². The lowest BCUT2D eigenvalue weighted by atomic mass is 9.67. The van der Waals surface area contributed by atoms with Crippen LogP contribution in [0.25, 0.3) is 92.3 Å². The number of hydrogen-bond acceptors (Lipinski definition) is 3. The molecule has 13 rings (SSSR count). The van der Waals surface area contributed by atoms with Crippen molar-refractivity contribution in [3.63, 3.8) is 0 Å². The van der Waals surface area contributed by atoms with Crippen molar-refractivity contribution in [3.8, 4) is 39.6 Å². The molecule has 0 N–H and O–H groups in total. The van der Waals surface area contributed by atoms with Crippen LogP contribution in [-0.2, 0) is 5.41 Å². The summed E-state index contributed by atoms with van der Waals surface area (Å²) in [5.41, 5.74) is 13.1. The molecule has 12 aromatic rings. The van der Waals surface area contributed by atoms with Crippen LogP contribution in [-0.4, -0.2) is 14.5 Å². The lowest BCUT2D eigenvalue weighted by molar-refractivity contribution is 0.769. The monoisotopic (exact) mass is 793 g/mol. The fraction of sp³-hybridized carbons (Fsp3) is 0.0175. The molecular formula is C57H35N3S. The largest absolute Gasteiger partial charge is 0.278 e. The minimum Gasteiger partial charge on any atom is -0.278 e. The smallest absolute Gasteiger partial charge is 0.235 e. The molecule has 1 aliphatic rings. The Morgan fingerprint density at radius 2 is 1.03 bits per heavy atom. The first-order valence-electron chi connectivity index (χ1n) is 20.8. The van der Waals surface area contributed by atoms with Crippen molar-refractivity contribution in [2.75, 3.05) is 0 Å². The Labute approximate surface area is 356 Å². The molecule has 0 unspecified atom stereocenters. The van der Waals surface area contributed by atoms with Gasteiger partial charge in [0.2, 0.25) is 5.95 Å². The minimum atomic E-state index is -0.539. The van der Waals surface area contributed by atoms with E-state index in [0.717, 1.165) is 38.9 Å². The molecule has 0 bridgehead atoms. The fourth-order valence-corrected chi connectivity index (χ4v) is 11.6. The molecule has 0 radical (unpaired) electrons. The molecule has 284 valence electrons. The molecular weight excluding hydrogens is 759 g/mol. The molecule has 3 nitrogen and oxygen atoms in total. The summed E-state index contributed by atoms with van der Waals surface area (Å²) in [5, 5.41) is 7.41. The second-order valence-electron chi connectivity index (χ2n) is 16.0. The first-order valence-corrected chi connectivity index (χ1v) is 21.6. The summed E-state index contributed by atoms with van der Waals surface area (Å²) in [6.07, 6.45) is 0. The highest BCUT2D eigenvalue weighted by atomic mass is 32.1. The summed E-state index contributed by atoms with van der Waals surface area (Å²) >= 11 is 1.84. The van der Waals surface area contributed by atoms with Crippen LogP contribution in [0.5, 0.6) is 0 Å². The zero-order chi connectivity index (χ0) is 40.1. The third kappa shape index (κ3) is 4.91. The molecule has 3 aromatic heterocycles. The van der Waals surface area contributed by atoms with Gasteiger partial charge in [-0.25, -0.2) is 9.97 Å². The number of hydrogen-bond donors (Lipinski definition) is 0. The van der Waals surface area contributed by atoms with E-state index in [1.165, 1.54) is 69.7 Å². The van der Waals surface area contributed by atoms with Crippen LogP contribution in [0.1, 0.15) is 22.3 Å². The number of rotatable bonds is 5. The van der Waals surface area contributed by atoms with Crippen LogP contribution >= 0.6 is 11.3 Å². The van der Waals surface area contributed by atoms with E-state index < -0.39 is 5.41 Å². The van der Waals surface area contributed by atoms with E-state index in [1.807, 2.05) is 11.3 Å². The molecule has 0 atom stereocenters. The highest BCUT2D eigenvalue weighted by molar-refractivity contribution is 7.26. The average molecular weight is 794 g/mol. The Bertz CT molecular complexity index is 3670. The van der Waals surface area contributed by atoms with Gasteiger partial charge in [0.25, 0.3) is 0 Å². The molecule has 3 heterocycles. The predicted octanol–water partition coefficient (Wildman–Crippen LogP) is 14.8. The number of fused-ring (bicyclic) bond motifs is 11. The van der Waals surface area contributed by atoms with Crippen LogP contribution < -0.4 is 0 Å². The van der Waals surface area contributed by atoms with E-state index in [4.69, 9.17) is 9.97 Å². The molecule has 0 aliphatic heterocycles. The quantitative estimate of drug-likeness (QED) is 0.174. The van der Waals surface area contributed by atoms with Gasteiger partial charge in [-0.15, -0.1) is 11.3 Å². The number of thiophene rings is 1. The highest BCUT2D eigenvalue weighted by Crippen LogP contribution is 2.56. The lowest BCUT2D eigenvalue weighted by Crippen LogP contribution is -2.28. The van der Waals surface area contributed by atoms with E-state index in [0.29, 0.717) is 5.95 Å². The van der Waals surface area contributed by atoms with Gasteiger partial charge in [0.15, 0.2) is 0 Å². The summed E-state index contributed by atoms with van der Waals surface area (Å²) in [6, 6.07) is 77.2. The minimum absolute atomic E-state index is 0.539. The SMILES string of the molecule is c1ccc(-c2cc(-c3cccc4c3sc3ccc5ccccc5c34)nc(-n3c4ccccc4c4ccc(C5(c6ccccc6)c6ccccc6-c6ccccc65)cc43)n2)cc1. The highest BCUT2D eigenvalue weighted by Gasteiger charge is 2.46. The van der Waals surface area contributed by atoms with Crippen molar-refractivity contribution in [2.24, 2.45) is 0 Å². The van der Waals surface area contributed by atoms with E-state index >= 15 is 0 Å². The molecule has 1 aliphatic carbocycles. The lowest BCUT2D eigenvalue weighted by Gasteiger charge is -2.34. The van der Waals surface area contributed by atoms with Gasteiger partial charge in [0.1, 0.15) is 0 Å². The third-order valence-electron chi connectivity index (χ3n) is 12.9. The second-order valence-corrected chi connectivity index (χ2v) is 17.1. The molecule has 0 saturated carbocycles. The molecule has 61 heavy (non-hydrogen) atoms. The van der Waals surface area contributed by atoms with Gasteiger partial charge in [0.05, 0.1) is 27.8 Å². The number of nitrogens with zero attached hydrogens (tertiary/aromatic N) is 3. The Morgan fingerprint density at radius 1 is 0.410 bits per heavy atom. The first kappa shape index (κ1) is 34.2. The van der Waals surface area contributed by atoms with Gasteiger partial charge in [-0.1, -0.05) is 188 Å². The fourth-order valence-electron chi connectivity index (χ4n) is 10.3. The van der Waals surface area contributed by atoms with E-state index in [1.54, 1.807) is 0 Å². The second kappa shape index (κ2) is 13.2. The summed E-state index contributed by atoms with van der Waals surface area (Å²) in [5.74, 6) is 0.643. The number of para-hydroxylation sites is 1. The van der Waals surface area contributed by atoms with Gasteiger partial charge in [-0.2, -0.15) is 0 Å². The molecule has 0 amide bonds. The van der Waals surface area contributed by atoms with Gasteiger partial charge < -0.3 is 0 Å². The van der Waals surface area contributed by atoms with E-state index in [2.05, 4.69) is 217 Å². The summed E-state index contributed by atoms with van der Waals surface area (Å²) in [6.45, 7) is 0. The Kier molecular flexibility index (Phi) is 7.39. The summed E-state index contributed by atoms with van der Waals surface area (Å²) in [7, 11) is 0. The first-order chi connectivity index (χ1) is 30.3. The zero-order valence-corrected chi connectivity index (χ0v) is 33.8. The van der Waals surface area contributed by atoms with E-state index in [9.17, 15) is 0 Å². The van der Waals surface area contributed by atoms with Crippen LogP contribution in [0, 0.1) is 0 Å². The van der Waals surface area contributed by atoms with Crippen molar-refractivity contribution in [1.29, 1.82) is 0 Å². The Balaban J connectivity index is 1.11. The standard InChI is InChI=1S/C57H35N3S/c1-3-17-37(18-4-1)49-35-50(45-25-15-26-46-54-40-21-8-7-16-36(40)30-33-53(54)61-55(45)46)59-56(58-49)60-51-29-14-11-24-43(51)44-32-31-39(34-52(44)60)57(38-19-5-2-6-20-38)47-27-12-9-22-41(47)42-23-10-13-28-48(42)57/h1-35H. The van der Waals surface area contributed by atoms with Crippen molar-refractivity contribution >= 4 is 64.1 Å². The molecule has 0 saturated heterocycles. The zero-order valence-electron chi connectivity index (χ0n) is 33.0. The van der Waals surface area contributed by atoms with E-state index in [-0.39, 0.29) is 0 Å². The summed E-state index contributed by atoms with van der Waals surface area (Å²) < 4.78 is 4.80. The Hall–Kier alpha value is -7.66. The number of benzene rings is 9. The van der Waals surface area contributed by atoms with Crippen molar-refractivity contribution in [1.82, 2.24) is 14.5 Å². The Morgan fingerprint density at radius 3 is 1.84 bits per heavy atom. The van der Waals surface area contributed by atoms with Gasteiger partial charge in [0, 0.05) is 42.1 Å². The van der Waals surface area contributed by atoms with Crippen molar-refractivity contribution < 1.29 is 0 Å². The molecule has 0 fully saturated rings. The molecule has 4 heteroatoms. The normalized spacial score (nSPS) is 13.0. The molecule has 0 spiro atoms. The van der Waals surface area contributed by atoms with Crippen LogP contribution in [0.2, 0.25) is 0 Å². The van der Waals surface area contributed by atoms with Crippen LogP contribution in [0.15, 0.2) is 212 Å². The van der Waals surface area contributed by atoms with Crippen LogP contribution in [0.4, 0.5) is 0 Å².